The first kappa shape index (κ1) is 21.5. The van der Waals surface area contributed by atoms with Crippen molar-refractivity contribution in [1.82, 2.24) is 19.9 Å². The van der Waals surface area contributed by atoms with Crippen molar-refractivity contribution in [2.75, 3.05) is 18.4 Å². The Bertz CT molecular complexity index is 1370. The highest BCUT2D eigenvalue weighted by Crippen LogP contribution is 2.35. The molecule has 2 aromatic heterocycles. The van der Waals surface area contributed by atoms with E-state index in [2.05, 4.69) is 39.0 Å². The number of benzene rings is 2. The Morgan fingerprint density at radius 1 is 1.06 bits per heavy atom. The number of aromatic nitrogens is 3. The first-order valence-corrected chi connectivity index (χ1v) is 11.1. The average Bonchev–Trinajstić information content (AvgIpc) is 3.38. The van der Waals surface area contributed by atoms with Gasteiger partial charge in [0.2, 0.25) is 5.91 Å². The van der Waals surface area contributed by atoms with Crippen LogP contribution >= 0.6 is 0 Å². The van der Waals surface area contributed by atoms with Gasteiger partial charge in [0, 0.05) is 42.4 Å². The fourth-order valence-electron chi connectivity index (χ4n) is 4.41. The Morgan fingerprint density at radius 3 is 2.68 bits per heavy atom. The highest BCUT2D eigenvalue weighted by Gasteiger charge is 2.28. The summed E-state index contributed by atoms with van der Waals surface area (Å²) in [6.45, 7) is 4.95. The third kappa shape index (κ3) is 4.28. The van der Waals surface area contributed by atoms with E-state index >= 15 is 0 Å². The lowest BCUT2D eigenvalue weighted by atomic mass is 9.91. The minimum absolute atomic E-state index is 0.0438. The summed E-state index contributed by atoms with van der Waals surface area (Å²) in [7, 11) is 0. The molecule has 1 aliphatic heterocycles. The number of hydrogen-bond donors (Lipinski definition) is 1. The highest BCUT2D eigenvalue weighted by atomic mass is 16.2. The van der Waals surface area contributed by atoms with E-state index < -0.39 is 0 Å². The van der Waals surface area contributed by atoms with Crippen molar-refractivity contribution in [2.45, 2.75) is 12.3 Å². The van der Waals surface area contributed by atoms with E-state index in [0.717, 1.165) is 34.0 Å². The summed E-state index contributed by atoms with van der Waals surface area (Å²) in [5.41, 5.74) is 5.23. The molecule has 0 spiro atoms. The maximum absolute atomic E-state index is 12.6. The van der Waals surface area contributed by atoms with E-state index in [4.69, 9.17) is 0 Å². The third-order valence-electron chi connectivity index (χ3n) is 6.15. The average molecular weight is 450 g/mol. The minimum Gasteiger partial charge on any atom is -0.339 e. The van der Waals surface area contributed by atoms with Gasteiger partial charge in [-0.25, -0.2) is 9.97 Å². The number of anilines is 1. The van der Waals surface area contributed by atoms with Crippen molar-refractivity contribution in [2.24, 2.45) is 0 Å². The van der Waals surface area contributed by atoms with E-state index in [-0.39, 0.29) is 17.7 Å². The summed E-state index contributed by atoms with van der Waals surface area (Å²) in [5.74, 6) is -0.0476. The molecule has 1 saturated heterocycles. The predicted octanol–water partition coefficient (Wildman–Crippen LogP) is 4.45. The molecule has 1 atom stereocenters. The number of rotatable bonds is 5. The molecule has 7 nitrogen and oxygen atoms in total. The lowest BCUT2D eigenvalue weighted by molar-refractivity contribution is -0.125. The Balaban J connectivity index is 1.44. The zero-order chi connectivity index (χ0) is 23.5. The van der Waals surface area contributed by atoms with Gasteiger partial charge in [0.1, 0.15) is 6.33 Å². The molecule has 0 bridgehead atoms. The maximum Gasteiger partial charge on any atom is 0.255 e. The fraction of sp³-hybridized carbons (Fsp3) is 0.148. The number of nitrogens with one attached hydrogen (secondary N) is 1. The SMILES string of the molecule is C=CC(=O)N1CCC(c2cc(-c3ccc(C(=O)Nc4cccnc4)cc3)cc3cncnc23)C1. The van der Waals surface area contributed by atoms with Crippen LogP contribution in [0.15, 0.2) is 86.1 Å². The van der Waals surface area contributed by atoms with Gasteiger partial charge in [0.25, 0.3) is 5.91 Å². The van der Waals surface area contributed by atoms with Crippen LogP contribution in [0.5, 0.6) is 0 Å². The van der Waals surface area contributed by atoms with Crippen LogP contribution in [0.25, 0.3) is 22.0 Å². The number of fused-ring (bicyclic) bond motifs is 1. The van der Waals surface area contributed by atoms with Gasteiger partial charge < -0.3 is 10.2 Å². The molecule has 2 aromatic carbocycles. The Hall–Kier alpha value is -4.39. The van der Waals surface area contributed by atoms with Crippen LogP contribution in [0, 0.1) is 0 Å². The van der Waals surface area contributed by atoms with Crippen LogP contribution in [-0.4, -0.2) is 44.8 Å². The molecule has 168 valence electrons. The minimum atomic E-state index is -0.190. The van der Waals surface area contributed by atoms with Crippen molar-refractivity contribution < 1.29 is 9.59 Å². The van der Waals surface area contributed by atoms with Gasteiger partial charge in [0.05, 0.1) is 17.4 Å². The summed E-state index contributed by atoms with van der Waals surface area (Å²) < 4.78 is 0. The van der Waals surface area contributed by atoms with Gasteiger partial charge in [-0.05, 0) is 65.6 Å². The van der Waals surface area contributed by atoms with E-state index in [9.17, 15) is 9.59 Å². The number of likely N-dealkylation sites (tertiary alicyclic amines) is 1. The maximum atomic E-state index is 12.6. The lowest BCUT2D eigenvalue weighted by Crippen LogP contribution is -2.26. The van der Waals surface area contributed by atoms with E-state index in [1.807, 2.05) is 35.4 Å². The van der Waals surface area contributed by atoms with Crippen molar-refractivity contribution >= 4 is 28.4 Å². The van der Waals surface area contributed by atoms with Crippen LogP contribution in [0.1, 0.15) is 28.3 Å². The fourth-order valence-corrected chi connectivity index (χ4v) is 4.41. The molecule has 1 fully saturated rings. The van der Waals surface area contributed by atoms with Gasteiger partial charge in [-0.3, -0.25) is 14.6 Å². The van der Waals surface area contributed by atoms with Crippen LogP contribution in [0.4, 0.5) is 5.69 Å². The number of carbonyl (C=O) groups is 2. The summed E-state index contributed by atoms with van der Waals surface area (Å²) in [6.07, 6.45) is 8.88. The topological polar surface area (TPSA) is 88.1 Å². The van der Waals surface area contributed by atoms with Gasteiger partial charge >= 0.3 is 0 Å². The number of nitrogens with zero attached hydrogens (tertiary/aromatic N) is 4. The Labute approximate surface area is 197 Å². The van der Waals surface area contributed by atoms with Gasteiger partial charge in [0.15, 0.2) is 0 Å². The molecule has 1 aliphatic rings. The van der Waals surface area contributed by atoms with E-state index in [1.165, 1.54) is 6.08 Å². The first-order chi connectivity index (χ1) is 16.6. The van der Waals surface area contributed by atoms with E-state index in [1.54, 1.807) is 30.9 Å². The molecule has 1 unspecified atom stereocenters. The molecule has 0 aliphatic carbocycles. The molecule has 2 amide bonds. The smallest absolute Gasteiger partial charge is 0.255 e. The number of hydrogen-bond acceptors (Lipinski definition) is 5. The summed E-state index contributed by atoms with van der Waals surface area (Å²) >= 11 is 0. The molecule has 34 heavy (non-hydrogen) atoms. The summed E-state index contributed by atoms with van der Waals surface area (Å²) in [5, 5.41) is 3.79. The predicted molar refractivity (Wildman–Crippen MR) is 131 cm³/mol. The van der Waals surface area contributed by atoms with Gasteiger partial charge in [-0.1, -0.05) is 18.7 Å². The van der Waals surface area contributed by atoms with Crippen molar-refractivity contribution in [1.29, 1.82) is 0 Å². The van der Waals surface area contributed by atoms with E-state index in [0.29, 0.717) is 24.3 Å². The standard InChI is InChI=1S/C27H23N5O2/c1-2-25(33)32-11-9-20(16-32)24-13-21(12-22-14-29-17-30-26(22)24)18-5-7-19(8-6-18)27(34)31-23-4-3-10-28-15-23/h2-8,10,12-15,17,20H,1,9,11,16H2,(H,31,34). The Kier molecular flexibility index (Phi) is 5.82. The lowest BCUT2D eigenvalue weighted by Gasteiger charge is -2.17. The normalized spacial score (nSPS) is 15.3. The number of pyridine rings is 1. The zero-order valence-electron chi connectivity index (χ0n) is 18.5. The molecule has 4 aromatic rings. The number of amides is 2. The molecule has 1 N–H and O–H groups in total. The molecular weight excluding hydrogens is 426 g/mol. The summed E-state index contributed by atoms with van der Waals surface area (Å²) in [4.78, 5) is 39.3. The largest absolute Gasteiger partial charge is 0.339 e. The second-order valence-corrected chi connectivity index (χ2v) is 8.27. The molecule has 0 saturated carbocycles. The molecule has 3 heterocycles. The van der Waals surface area contributed by atoms with Crippen LogP contribution < -0.4 is 5.32 Å². The highest BCUT2D eigenvalue weighted by molar-refractivity contribution is 6.04. The van der Waals surface area contributed by atoms with Crippen LogP contribution in [-0.2, 0) is 4.79 Å². The first-order valence-electron chi connectivity index (χ1n) is 11.1. The van der Waals surface area contributed by atoms with Gasteiger partial charge in [-0.15, -0.1) is 0 Å². The number of carbonyl (C=O) groups excluding carboxylic acids is 2. The summed E-state index contributed by atoms with van der Waals surface area (Å²) in [6, 6.07) is 15.3. The molecule has 7 heteroatoms. The van der Waals surface area contributed by atoms with Gasteiger partial charge in [-0.2, -0.15) is 0 Å². The second kappa shape index (κ2) is 9.23. The van der Waals surface area contributed by atoms with Crippen LogP contribution in [0.3, 0.4) is 0 Å². The second-order valence-electron chi connectivity index (χ2n) is 8.27. The van der Waals surface area contributed by atoms with Crippen LogP contribution in [0.2, 0.25) is 0 Å². The Morgan fingerprint density at radius 2 is 1.91 bits per heavy atom. The van der Waals surface area contributed by atoms with Crippen molar-refractivity contribution in [3.05, 3.63) is 97.2 Å². The van der Waals surface area contributed by atoms with Crippen molar-refractivity contribution in [3.8, 4) is 11.1 Å². The molecular formula is C27H23N5O2. The molecule has 0 radical (unpaired) electrons. The third-order valence-corrected chi connectivity index (χ3v) is 6.15. The monoisotopic (exact) mass is 449 g/mol. The quantitative estimate of drug-likeness (QED) is 0.455. The van der Waals surface area contributed by atoms with Crippen molar-refractivity contribution in [3.63, 3.8) is 0 Å². The molecule has 5 rings (SSSR count). The zero-order valence-corrected chi connectivity index (χ0v) is 18.5.